The van der Waals surface area contributed by atoms with Crippen molar-refractivity contribution in [1.82, 2.24) is 4.98 Å². The van der Waals surface area contributed by atoms with Gasteiger partial charge in [0.1, 0.15) is 11.3 Å². The van der Waals surface area contributed by atoms with Crippen molar-refractivity contribution in [3.8, 4) is 5.75 Å². The summed E-state index contributed by atoms with van der Waals surface area (Å²) in [5, 5.41) is 0. The largest absolute Gasteiger partial charge is 0.493 e. The minimum absolute atomic E-state index is 0.641. The van der Waals surface area contributed by atoms with Gasteiger partial charge in [0.05, 0.1) is 11.1 Å². The van der Waals surface area contributed by atoms with Gasteiger partial charge in [-0.3, -0.25) is 0 Å². The summed E-state index contributed by atoms with van der Waals surface area (Å²) in [5.41, 5.74) is 1.64. The molecule has 0 aliphatic rings. The summed E-state index contributed by atoms with van der Waals surface area (Å²) in [5.74, 6) is 1.56. The quantitative estimate of drug-likeness (QED) is 0.855. The molecule has 2 rings (SSSR count). The van der Waals surface area contributed by atoms with Gasteiger partial charge >= 0.3 is 0 Å². The lowest BCUT2D eigenvalue weighted by Gasteiger charge is -2.04. The van der Waals surface area contributed by atoms with Gasteiger partial charge in [-0.1, -0.05) is 6.92 Å². The molecule has 0 atom stereocenters. The van der Waals surface area contributed by atoms with Gasteiger partial charge in [-0.15, -0.1) is 0 Å². The van der Waals surface area contributed by atoms with Gasteiger partial charge in [-0.2, -0.15) is 0 Å². The number of aromatic nitrogens is 1. The third-order valence-corrected chi connectivity index (χ3v) is 2.71. The second-order valence-corrected chi connectivity index (χ2v) is 4.00. The van der Waals surface area contributed by atoms with Crippen molar-refractivity contribution < 1.29 is 9.15 Å². The van der Waals surface area contributed by atoms with E-state index in [-0.39, 0.29) is 0 Å². The number of fused-ring (bicyclic) bond motifs is 1. The number of ether oxygens (including phenoxy) is 1. The monoisotopic (exact) mass is 269 g/mol. The second-order valence-electron chi connectivity index (χ2n) is 3.14. The van der Waals surface area contributed by atoms with Crippen LogP contribution in [0.5, 0.6) is 5.75 Å². The van der Waals surface area contributed by atoms with Crippen molar-refractivity contribution in [3.63, 3.8) is 0 Å². The lowest BCUT2D eigenvalue weighted by atomic mass is 10.3. The Morgan fingerprint density at radius 1 is 1.40 bits per heavy atom. The highest BCUT2D eigenvalue weighted by Gasteiger charge is 2.09. The SMILES string of the molecule is CCOc1cc2nc(CC)oc2cc1Br. The highest BCUT2D eigenvalue weighted by molar-refractivity contribution is 9.10. The average Bonchev–Trinajstić information content (AvgIpc) is 2.61. The van der Waals surface area contributed by atoms with E-state index in [4.69, 9.17) is 9.15 Å². The van der Waals surface area contributed by atoms with Crippen LogP contribution in [0.1, 0.15) is 19.7 Å². The molecule has 0 saturated carbocycles. The van der Waals surface area contributed by atoms with Gasteiger partial charge < -0.3 is 9.15 Å². The molecule has 0 aliphatic carbocycles. The molecule has 1 heterocycles. The fraction of sp³-hybridized carbons (Fsp3) is 0.364. The number of hydrogen-bond donors (Lipinski definition) is 0. The Balaban J connectivity index is 2.52. The fourth-order valence-corrected chi connectivity index (χ4v) is 1.83. The Hall–Kier alpha value is -1.03. The number of aryl methyl sites for hydroxylation is 1. The van der Waals surface area contributed by atoms with Crippen molar-refractivity contribution in [3.05, 3.63) is 22.5 Å². The van der Waals surface area contributed by atoms with Crippen molar-refractivity contribution >= 4 is 27.0 Å². The van der Waals surface area contributed by atoms with E-state index in [1.807, 2.05) is 26.0 Å². The van der Waals surface area contributed by atoms with Crippen LogP contribution in [0.2, 0.25) is 0 Å². The zero-order chi connectivity index (χ0) is 10.8. The van der Waals surface area contributed by atoms with Crippen molar-refractivity contribution in [2.75, 3.05) is 6.61 Å². The van der Waals surface area contributed by atoms with Gasteiger partial charge in [-0.05, 0) is 22.9 Å². The smallest absolute Gasteiger partial charge is 0.195 e. The predicted molar refractivity (Wildman–Crippen MR) is 62.3 cm³/mol. The number of nitrogens with zero attached hydrogens (tertiary/aromatic N) is 1. The van der Waals surface area contributed by atoms with E-state index in [0.29, 0.717) is 6.61 Å². The Bertz CT molecular complexity index is 479. The number of oxazole rings is 1. The van der Waals surface area contributed by atoms with Crippen LogP contribution in [-0.2, 0) is 6.42 Å². The molecular formula is C11H12BrNO2. The average molecular weight is 270 g/mol. The van der Waals surface area contributed by atoms with Crippen LogP contribution >= 0.6 is 15.9 Å². The van der Waals surface area contributed by atoms with Gasteiger partial charge in [0, 0.05) is 18.6 Å². The van der Waals surface area contributed by atoms with E-state index in [1.54, 1.807) is 0 Å². The molecule has 0 saturated heterocycles. The van der Waals surface area contributed by atoms with Gasteiger partial charge in [-0.25, -0.2) is 4.98 Å². The number of hydrogen-bond acceptors (Lipinski definition) is 3. The lowest BCUT2D eigenvalue weighted by Crippen LogP contribution is -1.91. The Morgan fingerprint density at radius 3 is 2.87 bits per heavy atom. The van der Waals surface area contributed by atoms with E-state index in [0.717, 1.165) is 33.6 Å². The van der Waals surface area contributed by atoms with Gasteiger partial charge in [0.15, 0.2) is 11.5 Å². The molecule has 2 aromatic rings. The predicted octanol–water partition coefficient (Wildman–Crippen LogP) is 3.55. The summed E-state index contributed by atoms with van der Waals surface area (Å²) in [7, 11) is 0. The number of rotatable bonds is 3. The lowest BCUT2D eigenvalue weighted by molar-refractivity contribution is 0.338. The van der Waals surface area contributed by atoms with Crippen LogP contribution < -0.4 is 4.74 Å². The Morgan fingerprint density at radius 2 is 2.20 bits per heavy atom. The maximum atomic E-state index is 5.53. The summed E-state index contributed by atoms with van der Waals surface area (Å²) in [6, 6.07) is 3.79. The summed E-state index contributed by atoms with van der Waals surface area (Å²) < 4.78 is 11.9. The zero-order valence-corrected chi connectivity index (χ0v) is 10.3. The molecule has 0 fully saturated rings. The number of halogens is 1. The van der Waals surface area contributed by atoms with E-state index in [1.165, 1.54) is 0 Å². The van der Waals surface area contributed by atoms with Crippen LogP contribution in [0.4, 0.5) is 0 Å². The molecule has 1 aromatic carbocycles. The molecule has 0 bridgehead atoms. The molecule has 0 aliphatic heterocycles. The van der Waals surface area contributed by atoms with Crippen LogP contribution in [-0.4, -0.2) is 11.6 Å². The van der Waals surface area contributed by atoms with Crippen molar-refractivity contribution in [2.24, 2.45) is 0 Å². The van der Waals surface area contributed by atoms with Crippen LogP contribution in [0.25, 0.3) is 11.1 Å². The first-order valence-electron chi connectivity index (χ1n) is 4.96. The van der Waals surface area contributed by atoms with Crippen LogP contribution in [0.15, 0.2) is 21.0 Å². The summed E-state index contributed by atoms with van der Waals surface area (Å²) in [6.07, 6.45) is 0.802. The molecule has 0 unspecified atom stereocenters. The molecule has 80 valence electrons. The standard InChI is InChI=1S/C11H12BrNO2/c1-3-11-13-8-6-9(14-4-2)7(12)5-10(8)15-11/h5-6H,3-4H2,1-2H3. The third kappa shape index (κ3) is 2.00. The molecule has 1 aromatic heterocycles. The summed E-state index contributed by atoms with van der Waals surface area (Å²) in [4.78, 5) is 4.35. The molecule has 15 heavy (non-hydrogen) atoms. The molecule has 0 amide bonds. The molecule has 0 radical (unpaired) electrons. The molecule has 0 N–H and O–H groups in total. The molecule has 4 heteroatoms. The van der Waals surface area contributed by atoms with Crippen LogP contribution in [0.3, 0.4) is 0 Å². The topological polar surface area (TPSA) is 35.3 Å². The second kappa shape index (κ2) is 4.23. The van der Waals surface area contributed by atoms with E-state index in [9.17, 15) is 0 Å². The maximum Gasteiger partial charge on any atom is 0.195 e. The van der Waals surface area contributed by atoms with E-state index >= 15 is 0 Å². The summed E-state index contributed by atoms with van der Waals surface area (Å²) >= 11 is 3.44. The van der Waals surface area contributed by atoms with E-state index < -0.39 is 0 Å². The summed E-state index contributed by atoms with van der Waals surface area (Å²) in [6.45, 7) is 4.61. The van der Waals surface area contributed by atoms with Crippen LogP contribution in [0, 0.1) is 0 Å². The minimum atomic E-state index is 0.641. The molecular weight excluding hydrogens is 258 g/mol. The first-order chi connectivity index (χ1) is 7.24. The first-order valence-corrected chi connectivity index (χ1v) is 5.75. The highest BCUT2D eigenvalue weighted by atomic mass is 79.9. The fourth-order valence-electron chi connectivity index (χ4n) is 1.39. The maximum absolute atomic E-state index is 5.53. The highest BCUT2D eigenvalue weighted by Crippen LogP contribution is 2.30. The Labute approximate surface area is 96.6 Å². The van der Waals surface area contributed by atoms with E-state index in [2.05, 4.69) is 20.9 Å². The third-order valence-electron chi connectivity index (χ3n) is 2.09. The number of benzene rings is 1. The zero-order valence-electron chi connectivity index (χ0n) is 8.71. The molecule has 0 spiro atoms. The minimum Gasteiger partial charge on any atom is -0.493 e. The van der Waals surface area contributed by atoms with Gasteiger partial charge in [0.2, 0.25) is 0 Å². The van der Waals surface area contributed by atoms with Gasteiger partial charge in [0.25, 0.3) is 0 Å². The Kier molecular flexibility index (Phi) is 2.95. The van der Waals surface area contributed by atoms with Crippen molar-refractivity contribution in [1.29, 1.82) is 0 Å². The van der Waals surface area contributed by atoms with Crippen molar-refractivity contribution in [2.45, 2.75) is 20.3 Å². The molecule has 3 nitrogen and oxygen atoms in total. The normalized spacial score (nSPS) is 10.9. The first kappa shape index (κ1) is 10.5.